The first-order chi connectivity index (χ1) is 10.3. The van der Waals surface area contributed by atoms with Crippen LogP contribution in [0, 0.1) is 0 Å². The van der Waals surface area contributed by atoms with Crippen LogP contribution in [-0.2, 0) is 11.3 Å². The third kappa shape index (κ3) is 2.95. The summed E-state index contributed by atoms with van der Waals surface area (Å²) in [5.74, 6) is -0.304. The van der Waals surface area contributed by atoms with Crippen LogP contribution in [0.4, 0.5) is 0 Å². The van der Waals surface area contributed by atoms with E-state index in [1.54, 1.807) is 18.0 Å². The summed E-state index contributed by atoms with van der Waals surface area (Å²) < 4.78 is 5.39. The van der Waals surface area contributed by atoms with E-state index < -0.39 is 0 Å². The topological polar surface area (TPSA) is 42.1 Å². The molecule has 4 heteroatoms. The molecule has 1 N–H and O–H groups in total. The molecule has 0 fully saturated rings. The summed E-state index contributed by atoms with van der Waals surface area (Å²) in [6.45, 7) is 0.285. The number of carbonyl (C=O) groups is 1. The van der Waals surface area contributed by atoms with Gasteiger partial charge in [-0.05, 0) is 30.0 Å². The van der Waals surface area contributed by atoms with Gasteiger partial charge in [0, 0.05) is 22.0 Å². The zero-order valence-electron chi connectivity index (χ0n) is 11.6. The number of para-hydroxylation sites is 1. The molecule has 3 aromatic rings. The summed E-state index contributed by atoms with van der Waals surface area (Å²) in [6, 6.07) is 15.7. The highest BCUT2D eigenvalue weighted by atomic mass is 32.2. The Labute approximate surface area is 127 Å². The van der Waals surface area contributed by atoms with Crippen LogP contribution in [0.25, 0.3) is 10.9 Å². The average Bonchev–Trinajstić information content (AvgIpc) is 2.97. The molecule has 0 saturated heterocycles. The highest BCUT2D eigenvalue weighted by Gasteiger charge is 2.12. The van der Waals surface area contributed by atoms with E-state index in [0.717, 1.165) is 16.5 Å². The van der Waals surface area contributed by atoms with E-state index in [2.05, 4.69) is 4.98 Å². The van der Waals surface area contributed by atoms with Crippen LogP contribution >= 0.6 is 11.8 Å². The second-order valence-electron chi connectivity index (χ2n) is 4.67. The highest BCUT2D eigenvalue weighted by Crippen LogP contribution is 2.19. The summed E-state index contributed by atoms with van der Waals surface area (Å²) in [7, 11) is 0. The molecule has 0 atom stereocenters. The summed E-state index contributed by atoms with van der Waals surface area (Å²) in [4.78, 5) is 16.4. The lowest BCUT2D eigenvalue weighted by Crippen LogP contribution is -2.04. The van der Waals surface area contributed by atoms with Crippen molar-refractivity contribution in [1.82, 2.24) is 4.98 Å². The number of nitrogens with one attached hydrogen (secondary N) is 1. The molecule has 0 aliphatic heterocycles. The fourth-order valence-electron chi connectivity index (χ4n) is 2.19. The van der Waals surface area contributed by atoms with Crippen LogP contribution in [0.1, 0.15) is 15.9 Å². The number of rotatable bonds is 4. The molecule has 0 radical (unpaired) electrons. The molecule has 0 aliphatic carbocycles. The highest BCUT2D eigenvalue weighted by molar-refractivity contribution is 7.98. The van der Waals surface area contributed by atoms with E-state index in [4.69, 9.17) is 4.74 Å². The van der Waals surface area contributed by atoms with Crippen LogP contribution in [0.2, 0.25) is 0 Å². The molecule has 1 heterocycles. The van der Waals surface area contributed by atoms with E-state index in [9.17, 15) is 4.79 Å². The number of thioether (sulfide) groups is 1. The Kier molecular flexibility index (Phi) is 3.97. The lowest BCUT2D eigenvalue weighted by Gasteiger charge is -2.05. The number of ether oxygens (including phenoxy) is 1. The molecular weight excluding hydrogens is 282 g/mol. The SMILES string of the molecule is CSc1ccc(COC(=O)c2c[nH]c3ccccc23)cc1. The first-order valence-corrected chi connectivity index (χ1v) is 7.86. The summed E-state index contributed by atoms with van der Waals surface area (Å²) >= 11 is 1.69. The number of esters is 1. The van der Waals surface area contributed by atoms with Gasteiger partial charge in [0.1, 0.15) is 6.61 Å². The van der Waals surface area contributed by atoms with Gasteiger partial charge in [0.15, 0.2) is 0 Å². The molecule has 0 bridgehead atoms. The van der Waals surface area contributed by atoms with E-state index in [1.165, 1.54) is 4.90 Å². The van der Waals surface area contributed by atoms with Gasteiger partial charge in [-0.15, -0.1) is 11.8 Å². The van der Waals surface area contributed by atoms with Gasteiger partial charge >= 0.3 is 5.97 Å². The monoisotopic (exact) mass is 297 g/mol. The second kappa shape index (κ2) is 6.06. The number of hydrogen-bond acceptors (Lipinski definition) is 3. The molecule has 3 nitrogen and oxygen atoms in total. The van der Waals surface area contributed by atoms with Crippen LogP contribution in [-0.4, -0.2) is 17.2 Å². The van der Waals surface area contributed by atoms with Crippen LogP contribution < -0.4 is 0 Å². The lowest BCUT2D eigenvalue weighted by molar-refractivity contribution is 0.0475. The van der Waals surface area contributed by atoms with Crippen LogP contribution in [0.3, 0.4) is 0 Å². The molecule has 0 unspecified atom stereocenters. The van der Waals surface area contributed by atoms with Crippen LogP contribution in [0.5, 0.6) is 0 Å². The van der Waals surface area contributed by atoms with Gasteiger partial charge in [-0.2, -0.15) is 0 Å². The van der Waals surface area contributed by atoms with Crippen molar-refractivity contribution in [1.29, 1.82) is 0 Å². The summed E-state index contributed by atoms with van der Waals surface area (Å²) in [6.07, 6.45) is 3.73. The predicted molar refractivity (Wildman–Crippen MR) is 85.6 cm³/mol. The van der Waals surface area contributed by atoms with Crippen molar-refractivity contribution in [3.63, 3.8) is 0 Å². The molecule has 2 aromatic carbocycles. The van der Waals surface area contributed by atoms with Gasteiger partial charge in [0.25, 0.3) is 0 Å². The van der Waals surface area contributed by atoms with Gasteiger partial charge in [-0.1, -0.05) is 30.3 Å². The number of carbonyl (C=O) groups excluding carboxylic acids is 1. The smallest absolute Gasteiger partial charge is 0.340 e. The van der Waals surface area contributed by atoms with Gasteiger partial charge in [0.05, 0.1) is 5.56 Å². The second-order valence-corrected chi connectivity index (χ2v) is 5.55. The van der Waals surface area contributed by atoms with Crippen molar-refractivity contribution in [2.45, 2.75) is 11.5 Å². The van der Waals surface area contributed by atoms with Gasteiger partial charge in [-0.25, -0.2) is 4.79 Å². The van der Waals surface area contributed by atoms with Crippen molar-refractivity contribution in [2.75, 3.05) is 6.26 Å². The number of aromatic nitrogens is 1. The fourth-order valence-corrected chi connectivity index (χ4v) is 2.60. The minimum absolute atomic E-state index is 0.285. The van der Waals surface area contributed by atoms with Crippen molar-refractivity contribution in [2.24, 2.45) is 0 Å². The zero-order valence-corrected chi connectivity index (χ0v) is 12.4. The zero-order chi connectivity index (χ0) is 14.7. The maximum Gasteiger partial charge on any atom is 0.340 e. The van der Waals surface area contributed by atoms with E-state index in [1.807, 2.05) is 54.8 Å². The molecule has 0 amide bonds. The van der Waals surface area contributed by atoms with E-state index in [-0.39, 0.29) is 12.6 Å². The quantitative estimate of drug-likeness (QED) is 0.578. The fraction of sp³-hybridized carbons (Fsp3) is 0.118. The third-order valence-corrected chi connectivity index (χ3v) is 4.08. The molecule has 1 aromatic heterocycles. The minimum atomic E-state index is -0.304. The van der Waals surface area contributed by atoms with Crippen molar-refractivity contribution in [3.8, 4) is 0 Å². The molecule has 0 spiro atoms. The van der Waals surface area contributed by atoms with E-state index >= 15 is 0 Å². The molecular formula is C17H15NO2S. The largest absolute Gasteiger partial charge is 0.457 e. The maximum atomic E-state index is 12.2. The lowest BCUT2D eigenvalue weighted by atomic mass is 10.2. The first-order valence-electron chi connectivity index (χ1n) is 6.64. The standard InChI is InChI=1S/C17H15NO2S/c1-21-13-8-6-12(7-9-13)11-20-17(19)15-10-18-16-5-3-2-4-14(15)16/h2-10,18H,11H2,1H3. The van der Waals surface area contributed by atoms with Gasteiger partial charge in [-0.3, -0.25) is 0 Å². The van der Waals surface area contributed by atoms with Crippen LogP contribution in [0.15, 0.2) is 59.6 Å². The minimum Gasteiger partial charge on any atom is -0.457 e. The Morgan fingerprint density at radius 3 is 2.67 bits per heavy atom. The Balaban J connectivity index is 1.71. The normalized spacial score (nSPS) is 10.7. The Morgan fingerprint density at radius 2 is 1.90 bits per heavy atom. The van der Waals surface area contributed by atoms with Crippen molar-refractivity contribution in [3.05, 3.63) is 65.9 Å². The number of aromatic amines is 1. The molecule has 0 aliphatic rings. The number of benzene rings is 2. The average molecular weight is 297 g/mol. The first kappa shape index (κ1) is 13.8. The predicted octanol–water partition coefficient (Wildman–Crippen LogP) is 4.25. The van der Waals surface area contributed by atoms with Crippen molar-refractivity contribution < 1.29 is 9.53 Å². The van der Waals surface area contributed by atoms with Gasteiger partial charge < -0.3 is 9.72 Å². The van der Waals surface area contributed by atoms with E-state index in [0.29, 0.717) is 5.56 Å². The van der Waals surface area contributed by atoms with Crippen molar-refractivity contribution >= 4 is 28.6 Å². The van der Waals surface area contributed by atoms with Gasteiger partial charge in [0.2, 0.25) is 0 Å². The molecule has 106 valence electrons. The Bertz CT molecular complexity index is 762. The maximum absolute atomic E-state index is 12.2. The Hall–Kier alpha value is -2.20. The number of H-pyrrole nitrogens is 1. The number of fused-ring (bicyclic) bond motifs is 1. The summed E-state index contributed by atoms with van der Waals surface area (Å²) in [5, 5.41) is 0.889. The Morgan fingerprint density at radius 1 is 1.14 bits per heavy atom. The molecule has 3 rings (SSSR count). The molecule has 0 saturated carbocycles. The third-order valence-electron chi connectivity index (χ3n) is 3.34. The summed E-state index contributed by atoms with van der Waals surface area (Å²) in [5.41, 5.74) is 2.50. The number of hydrogen-bond donors (Lipinski definition) is 1. The molecule has 21 heavy (non-hydrogen) atoms.